The van der Waals surface area contributed by atoms with Crippen LogP contribution >= 0.6 is 0 Å². The monoisotopic (exact) mass is 332 g/mol. The fourth-order valence-corrected chi connectivity index (χ4v) is 2.23. The fourth-order valence-electron chi connectivity index (χ4n) is 2.23. The third-order valence-corrected chi connectivity index (χ3v) is 3.31. The first-order chi connectivity index (χ1) is 11.4. The maximum Gasteiger partial charge on any atom is 0.343 e. The van der Waals surface area contributed by atoms with Crippen LogP contribution in [0, 0.1) is 10.1 Å². The second-order valence-electron chi connectivity index (χ2n) is 4.86. The minimum atomic E-state index is -0.666. The number of esters is 1. The number of nitro benzene ring substituents is 1. The zero-order valence-electron chi connectivity index (χ0n) is 13.4. The number of nitrogens with zero attached hydrogens (tertiary/aromatic N) is 2. The van der Waals surface area contributed by atoms with Crippen LogP contribution in [0.2, 0.25) is 0 Å². The number of nitro groups is 1. The Morgan fingerprint density at radius 2 is 2.17 bits per heavy atom. The Morgan fingerprint density at radius 1 is 1.46 bits per heavy atom. The van der Waals surface area contributed by atoms with Crippen LogP contribution in [0.3, 0.4) is 0 Å². The average Bonchev–Trinajstić information content (AvgIpc) is 2.81. The predicted molar refractivity (Wildman–Crippen MR) is 87.0 cm³/mol. The Kier molecular flexibility index (Phi) is 4.98. The predicted octanol–water partition coefficient (Wildman–Crippen LogP) is 2.79. The second-order valence-corrected chi connectivity index (χ2v) is 4.86. The molecule has 24 heavy (non-hydrogen) atoms. The van der Waals surface area contributed by atoms with Crippen LogP contribution in [0.4, 0.5) is 5.69 Å². The van der Waals surface area contributed by atoms with Gasteiger partial charge in [-0.1, -0.05) is 6.07 Å². The molecular weight excluding hydrogens is 316 g/mol. The van der Waals surface area contributed by atoms with Gasteiger partial charge >= 0.3 is 11.7 Å². The number of aliphatic hydroxyl groups excluding tert-OH is 1. The number of carbonyl (C=O) groups excluding carboxylic acids is 1. The quantitative estimate of drug-likeness (QED) is 0.504. The standard InChI is InChI=1S/C16H16N2O6/c1-4-24-16(20)14-9(2)17-11(15(14)19)7-10-5-6-13(23-3)12(8-10)18(21)22/h5-8,19H,4H2,1-3H3. The molecule has 126 valence electrons. The number of rotatable bonds is 5. The van der Waals surface area contributed by atoms with Gasteiger partial charge in [-0.25, -0.2) is 9.79 Å². The van der Waals surface area contributed by atoms with Crippen LogP contribution in [-0.4, -0.2) is 35.4 Å². The number of hydrogen-bond donors (Lipinski definition) is 1. The van der Waals surface area contributed by atoms with Crippen molar-refractivity contribution in [3.63, 3.8) is 0 Å². The first-order valence-corrected chi connectivity index (χ1v) is 7.09. The van der Waals surface area contributed by atoms with Gasteiger partial charge in [-0.05, 0) is 31.6 Å². The van der Waals surface area contributed by atoms with Crippen molar-refractivity contribution in [3.05, 3.63) is 50.9 Å². The molecule has 0 unspecified atom stereocenters. The summed E-state index contributed by atoms with van der Waals surface area (Å²) in [5, 5.41) is 21.3. The highest BCUT2D eigenvalue weighted by molar-refractivity contribution is 6.22. The van der Waals surface area contributed by atoms with Gasteiger partial charge in [-0.3, -0.25) is 10.1 Å². The molecule has 2 rings (SSSR count). The Hall–Kier alpha value is -3.16. The van der Waals surface area contributed by atoms with E-state index in [-0.39, 0.29) is 35.1 Å². The summed E-state index contributed by atoms with van der Waals surface area (Å²) in [5.41, 5.74) is 0.673. The van der Waals surface area contributed by atoms with E-state index in [1.165, 1.54) is 25.3 Å². The molecular formula is C16H16N2O6. The minimum absolute atomic E-state index is 0.00823. The van der Waals surface area contributed by atoms with Gasteiger partial charge in [0.25, 0.3) is 0 Å². The normalized spacial score (nSPS) is 15.5. The summed E-state index contributed by atoms with van der Waals surface area (Å²) in [7, 11) is 1.34. The highest BCUT2D eigenvalue weighted by atomic mass is 16.6. The summed E-state index contributed by atoms with van der Waals surface area (Å²) in [6.07, 6.45) is 1.44. The maximum absolute atomic E-state index is 11.8. The number of benzene rings is 1. The van der Waals surface area contributed by atoms with Crippen LogP contribution in [0.15, 0.2) is 40.2 Å². The molecule has 0 bridgehead atoms. The fraction of sp³-hybridized carbons (Fsp3) is 0.250. The first-order valence-electron chi connectivity index (χ1n) is 7.09. The van der Waals surface area contributed by atoms with E-state index in [2.05, 4.69) is 4.99 Å². The van der Waals surface area contributed by atoms with Crippen LogP contribution in [0.25, 0.3) is 6.08 Å². The topological polar surface area (TPSA) is 111 Å². The highest BCUT2D eigenvalue weighted by Crippen LogP contribution is 2.31. The minimum Gasteiger partial charge on any atom is -0.505 e. The number of aliphatic imine (C=N–C) groups is 1. The van der Waals surface area contributed by atoms with Gasteiger partial charge in [-0.2, -0.15) is 0 Å². The van der Waals surface area contributed by atoms with Crippen LogP contribution in [-0.2, 0) is 9.53 Å². The smallest absolute Gasteiger partial charge is 0.343 e. The van der Waals surface area contributed by atoms with Crippen LogP contribution < -0.4 is 4.74 Å². The molecule has 0 atom stereocenters. The van der Waals surface area contributed by atoms with Crippen molar-refractivity contribution in [1.82, 2.24) is 0 Å². The van der Waals surface area contributed by atoms with E-state index in [1.54, 1.807) is 19.9 Å². The molecule has 1 aromatic rings. The van der Waals surface area contributed by atoms with E-state index in [1.807, 2.05) is 0 Å². The Bertz CT molecular complexity index is 792. The van der Waals surface area contributed by atoms with Gasteiger partial charge in [0.05, 0.1) is 24.4 Å². The van der Waals surface area contributed by atoms with E-state index in [0.29, 0.717) is 11.3 Å². The lowest BCUT2D eigenvalue weighted by molar-refractivity contribution is -0.385. The summed E-state index contributed by atoms with van der Waals surface area (Å²) in [5.74, 6) is -0.856. The maximum atomic E-state index is 11.8. The van der Waals surface area contributed by atoms with Crippen molar-refractivity contribution in [2.45, 2.75) is 13.8 Å². The molecule has 1 heterocycles. The molecule has 0 radical (unpaired) electrons. The molecule has 1 aromatic carbocycles. The van der Waals surface area contributed by atoms with Gasteiger partial charge < -0.3 is 14.6 Å². The lowest BCUT2D eigenvalue weighted by Crippen LogP contribution is -2.13. The Morgan fingerprint density at radius 3 is 2.75 bits per heavy atom. The molecule has 8 nitrogen and oxygen atoms in total. The van der Waals surface area contributed by atoms with Crippen molar-refractivity contribution in [2.24, 2.45) is 4.99 Å². The van der Waals surface area contributed by atoms with E-state index < -0.39 is 10.9 Å². The molecule has 0 aliphatic carbocycles. The van der Waals surface area contributed by atoms with Crippen molar-refractivity contribution < 1.29 is 24.3 Å². The number of carbonyl (C=O) groups is 1. The molecule has 0 spiro atoms. The zero-order valence-corrected chi connectivity index (χ0v) is 13.4. The molecule has 8 heteroatoms. The van der Waals surface area contributed by atoms with Crippen molar-refractivity contribution >= 4 is 23.4 Å². The van der Waals surface area contributed by atoms with E-state index >= 15 is 0 Å². The van der Waals surface area contributed by atoms with Crippen LogP contribution in [0.1, 0.15) is 19.4 Å². The van der Waals surface area contributed by atoms with Gasteiger partial charge in [0.1, 0.15) is 11.3 Å². The number of ether oxygens (including phenoxy) is 2. The second kappa shape index (κ2) is 6.95. The van der Waals surface area contributed by atoms with E-state index in [4.69, 9.17) is 9.47 Å². The Balaban J connectivity index is 2.44. The third kappa shape index (κ3) is 3.27. The SMILES string of the molecule is CCOC(=O)C1=C(O)C(=Cc2ccc(OC)c([N+](=O)[O-])c2)N=C1C. The largest absolute Gasteiger partial charge is 0.505 e. The van der Waals surface area contributed by atoms with Gasteiger partial charge in [0.2, 0.25) is 0 Å². The highest BCUT2D eigenvalue weighted by Gasteiger charge is 2.27. The molecule has 1 N–H and O–H groups in total. The molecule has 0 aromatic heterocycles. The van der Waals surface area contributed by atoms with Crippen molar-refractivity contribution in [3.8, 4) is 5.75 Å². The summed E-state index contributed by atoms with van der Waals surface area (Å²) in [6.45, 7) is 3.40. The van der Waals surface area contributed by atoms with Gasteiger partial charge in [0.15, 0.2) is 11.5 Å². The van der Waals surface area contributed by atoms with E-state index in [9.17, 15) is 20.0 Å². The summed E-state index contributed by atoms with van der Waals surface area (Å²) in [6, 6.07) is 4.33. The van der Waals surface area contributed by atoms with Gasteiger partial charge in [-0.15, -0.1) is 0 Å². The lowest BCUT2D eigenvalue weighted by Gasteiger charge is -2.04. The molecule has 0 amide bonds. The van der Waals surface area contributed by atoms with Gasteiger partial charge in [0, 0.05) is 6.07 Å². The summed E-state index contributed by atoms with van der Waals surface area (Å²) >= 11 is 0. The molecule has 0 saturated carbocycles. The van der Waals surface area contributed by atoms with E-state index in [0.717, 1.165) is 0 Å². The molecule has 1 aliphatic rings. The van der Waals surface area contributed by atoms with Crippen molar-refractivity contribution in [2.75, 3.05) is 13.7 Å². The van der Waals surface area contributed by atoms with Crippen LogP contribution in [0.5, 0.6) is 5.75 Å². The molecule has 0 saturated heterocycles. The van der Waals surface area contributed by atoms with Crippen molar-refractivity contribution in [1.29, 1.82) is 0 Å². The number of aliphatic hydroxyl groups is 1. The number of hydrogen-bond acceptors (Lipinski definition) is 7. The number of methoxy groups -OCH3 is 1. The zero-order chi connectivity index (χ0) is 17.9. The lowest BCUT2D eigenvalue weighted by atomic mass is 10.1. The third-order valence-electron chi connectivity index (χ3n) is 3.31. The summed E-state index contributed by atoms with van der Waals surface area (Å²) < 4.78 is 9.81. The first kappa shape index (κ1) is 17.2. The Labute approximate surface area is 137 Å². The summed E-state index contributed by atoms with van der Waals surface area (Å²) in [4.78, 5) is 26.4. The molecule has 1 aliphatic heterocycles. The average molecular weight is 332 g/mol. The molecule has 0 fully saturated rings.